The van der Waals surface area contributed by atoms with Crippen LogP contribution < -0.4 is 5.32 Å². The Labute approximate surface area is 118 Å². The second kappa shape index (κ2) is 7.06. The van der Waals surface area contributed by atoms with Crippen LogP contribution in [0.25, 0.3) is 0 Å². The minimum atomic E-state index is 0.209. The molecule has 1 N–H and O–H groups in total. The molecule has 0 heterocycles. The fourth-order valence-electron chi connectivity index (χ4n) is 2.02. The van der Waals surface area contributed by atoms with Crippen molar-refractivity contribution in [3.63, 3.8) is 0 Å². The Morgan fingerprint density at radius 1 is 1.11 bits per heavy atom. The van der Waals surface area contributed by atoms with E-state index in [2.05, 4.69) is 71.1 Å². The summed E-state index contributed by atoms with van der Waals surface area (Å²) in [6, 6.07) is 9.18. The van der Waals surface area contributed by atoms with Crippen LogP contribution in [0.1, 0.15) is 58.7 Å². The molecule has 1 atom stereocenters. The van der Waals surface area contributed by atoms with Crippen LogP contribution in [0.5, 0.6) is 0 Å². The van der Waals surface area contributed by atoms with E-state index in [0.717, 1.165) is 13.2 Å². The first-order valence-corrected chi connectivity index (χ1v) is 7.30. The Balaban J connectivity index is 2.79. The molecule has 2 heteroatoms. The summed E-state index contributed by atoms with van der Waals surface area (Å²) in [6.07, 6.45) is 0.273. The van der Waals surface area contributed by atoms with Gasteiger partial charge in [0.25, 0.3) is 0 Å². The molecule has 1 aromatic rings. The van der Waals surface area contributed by atoms with Gasteiger partial charge in [0.15, 0.2) is 0 Å². The van der Waals surface area contributed by atoms with Crippen LogP contribution >= 0.6 is 0 Å². The van der Waals surface area contributed by atoms with E-state index in [4.69, 9.17) is 4.74 Å². The van der Waals surface area contributed by atoms with Crippen LogP contribution in [0.3, 0.4) is 0 Å². The molecule has 19 heavy (non-hydrogen) atoms. The first-order valence-electron chi connectivity index (χ1n) is 7.30. The largest absolute Gasteiger partial charge is 0.377 e. The van der Waals surface area contributed by atoms with Gasteiger partial charge in [0.1, 0.15) is 0 Å². The summed E-state index contributed by atoms with van der Waals surface area (Å²) in [5.41, 5.74) is 2.88. The summed E-state index contributed by atoms with van der Waals surface area (Å²) >= 11 is 0. The van der Waals surface area contributed by atoms with Crippen molar-refractivity contribution in [2.45, 2.75) is 59.1 Å². The number of hydrogen-bond acceptors (Lipinski definition) is 2. The van der Waals surface area contributed by atoms with Crippen LogP contribution in [-0.4, -0.2) is 19.3 Å². The zero-order chi connectivity index (χ0) is 14.5. The Morgan fingerprint density at radius 3 is 2.11 bits per heavy atom. The summed E-state index contributed by atoms with van der Waals surface area (Å²) in [5, 5.41) is 3.49. The average molecular weight is 263 g/mol. The number of likely N-dealkylation sites (N-methyl/N-ethyl adjacent to an activating group) is 1. The van der Waals surface area contributed by atoms with Gasteiger partial charge in [-0.25, -0.2) is 0 Å². The molecule has 0 radical (unpaired) electrons. The third kappa shape index (κ3) is 5.33. The topological polar surface area (TPSA) is 21.3 Å². The number of rotatable bonds is 6. The van der Waals surface area contributed by atoms with E-state index < -0.39 is 0 Å². The molecule has 0 saturated carbocycles. The van der Waals surface area contributed by atoms with Gasteiger partial charge in [-0.3, -0.25) is 0 Å². The van der Waals surface area contributed by atoms with Crippen molar-refractivity contribution in [1.29, 1.82) is 0 Å². The average Bonchev–Trinajstić information content (AvgIpc) is 2.33. The van der Waals surface area contributed by atoms with E-state index in [1.807, 2.05) is 0 Å². The van der Waals surface area contributed by atoms with Crippen LogP contribution in [0.4, 0.5) is 0 Å². The van der Waals surface area contributed by atoms with Crippen molar-refractivity contribution >= 4 is 0 Å². The maximum absolute atomic E-state index is 5.75. The highest BCUT2D eigenvalue weighted by molar-refractivity contribution is 5.29. The SMILES string of the molecule is CCNC(COC(C)C)c1ccc(C(C)(C)C)cc1. The maximum atomic E-state index is 5.75. The van der Waals surface area contributed by atoms with Crippen molar-refractivity contribution in [2.75, 3.05) is 13.2 Å². The molecule has 0 fully saturated rings. The molecule has 0 aliphatic carbocycles. The van der Waals surface area contributed by atoms with Gasteiger partial charge in [0.05, 0.1) is 18.8 Å². The Morgan fingerprint density at radius 2 is 1.68 bits per heavy atom. The van der Waals surface area contributed by atoms with Crippen molar-refractivity contribution in [2.24, 2.45) is 0 Å². The highest BCUT2D eigenvalue weighted by atomic mass is 16.5. The molecule has 0 spiro atoms. The Hall–Kier alpha value is -0.860. The first kappa shape index (κ1) is 16.2. The third-order valence-corrected chi connectivity index (χ3v) is 3.23. The van der Waals surface area contributed by atoms with Gasteiger partial charge < -0.3 is 10.1 Å². The zero-order valence-electron chi connectivity index (χ0n) is 13.3. The van der Waals surface area contributed by atoms with E-state index in [9.17, 15) is 0 Å². The maximum Gasteiger partial charge on any atom is 0.0664 e. The Bertz CT molecular complexity index is 362. The van der Waals surface area contributed by atoms with E-state index in [-0.39, 0.29) is 17.6 Å². The van der Waals surface area contributed by atoms with Crippen LogP contribution in [0.15, 0.2) is 24.3 Å². The molecule has 0 saturated heterocycles. The smallest absolute Gasteiger partial charge is 0.0664 e. The molecule has 0 bridgehead atoms. The summed E-state index contributed by atoms with van der Waals surface area (Å²) < 4.78 is 5.75. The predicted molar refractivity (Wildman–Crippen MR) is 82.6 cm³/mol. The first-order chi connectivity index (χ1) is 8.84. The second-order valence-corrected chi connectivity index (χ2v) is 6.36. The summed E-state index contributed by atoms with van der Waals surface area (Å²) in [4.78, 5) is 0. The summed E-state index contributed by atoms with van der Waals surface area (Å²) in [5.74, 6) is 0. The van der Waals surface area contributed by atoms with Gasteiger partial charge in [0, 0.05) is 0 Å². The van der Waals surface area contributed by atoms with Gasteiger partial charge in [0.2, 0.25) is 0 Å². The molecule has 0 amide bonds. The van der Waals surface area contributed by atoms with Gasteiger partial charge in [-0.2, -0.15) is 0 Å². The molecule has 0 aliphatic rings. The second-order valence-electron chi connectivity index (χ2n) is 6.36. The highest BCUT2D eigenvalue weighted by Crippen LogP contribution is 2.24. The summed E-state index contributed by atoms with van der Waals surface area (Å²) in [6.45, 7) is 14.7. The van der Waals surface area contributed by atoms with E-state index in [1.54, 1.807) is 0 Å². The third-order valence-electron chi connectivity index (χ3n) is 3.23. The molecule has 0 aliphatic heterocycles. The van der Waals surface area contributed by atoms with Crippen LogP contribution in [0, 0.1) is 0 Å². The lowest BCUT2D eigenvalue weighted by Gasteiger charge is -2.23. The van der Waals surface area contributed by atoms with Crippen LogP contribution in [-0.2, 0) is 10.2 Å². The van der Waals surface area contributed by atoms with E-state index in [1.165, 1.54) is 11.1 Å². The lowest BCUT2D eigenvalue weighted by Crippen LogP contribution is -2.26. The molecule has 1 unspecified atom stereocenters. The number of ether oxygens (including phenoxy) is 1. The molecule has 108 valence electrons. The van der Waals surface area contributed by atoms with Gasteiger partial charge in [-0.05, 0) is 36.9 Å². The monoisotopic (exact) mass is 263 g/mol. The lowest BCUT2D eigenvalue weighted by atomic mass is 9.86. The van der Waals surface area contributed by atoms with Crippen molar-refractivity contribution in [3.05, 3.63) is 35.4 Å². The minimum absolute atomic E-state index is 0.209. The van der Waals surface area contributed by atoms with Crippen molar-refractivity contribution < 1.29 is 4.74 Å². The predicted octanol–water partition coefficient (Wildman–Crippen LogP) is 4.06. The van der Waals surface area contributed by atoms with E-state index >= 15 is 0 Å². The molecular formula is C17H29NO. The normalized spacial score (nSPS) is 13.8. The van der Waals surface area contributed by atoms with E-state index in [0.29, 0.717) is 0 Å². The number of hydrogen-bond donors (Lipinski definition) is 1. The van der Waals surface area contributed by atoms with Gasteiger partial charge in [-0.1, -0.05) is 52.0 Å². The standard InChI is InChI=1S/C17H29NO/c1-7-18-16(12-19-13(2)3)14-8-10-15(11-9-14)17(4,5)6/h8-11,13,16,18H,7,12H2,1-6H3. The van der Waals surface area contributed by atoms with Gasteiger partial charge in [-0.15, -0.1) is 0 Å². The van der Waals surface area contributed by atoms with Crippen molar-refractivity contribution in [1.82, 2.24) is 5.32 Å². The van der Waals surface area contributed by atoms with Crippen molar-refractivity contribution in [3.8, 4) is 0 Å². The quantitative estimate of drug-likeness (QED) is 0.835. The fourth-order valence-corrected chi connectivity index (χ4v) is 2.02. The number of benzene rings is 1. The lowest BCUT2D eigenvalue weighted by molar-refractivity contribution is 0.0614. The molecule has 1 rings (SSSR count). The number of nitrogens with one attached hydrogen (secondary N) is 1. The fraction of sp³-hybridized carbons (Fsp3) is 0.647. The minimum Gasteiger partial charge on any atom is -0.377 e. The van der Waals surface area contributed by atoms with Gasteiger partial charge >= 0.3 is 0 Å². The molecular weight excluding hydrogens is 234 g/mol. The molecule has 2 nitrogen and oxygen atoms in total. The highest BCUT2D eigenvalue weighted by Gasteiger charge is 2.15. The summed E-state index contributed by atoms with van der Waals surface area (Å²) in [7, 11) is 0. The van der Waals surface area contributed by atoms with Crippen LogP contribution in [0.2, 0.25) is 0 Å². The molecule has 1 aromatic carbocycles. The Kier molecular flexibility index (Phi) is 6.02. The zero-order valence-corrected chi connectivity index (χ0v) is 13.3. The molecule has 0 aromatic heterocycles.